The van der Waals surface area contributed by atoms with Crippen molar-refractivity contribution in [3.05, 3.63) is 40.5 Å². The van der Waals surface area contributed by atoms with Gasteiger partial charge in [0.1, 0.15) is 5.82 Å². The number of hydrogen-bond acceptors (Lipinski definition) is 3. The molecule has 0 saturated heterocycles. The number of benzene rings is 1. The Labute approximate surface area is 138 Å². The molecular weight excluding hydrogens is 356 g/mol. The van der Waals surface area contributed by atoms with Crippen molar-refractivity contribution < 1.29 is 4.79 Å². The van der Waals surface area contributed by atoms with Gasteiger partial charge in [0.15, 0.2) is 0 Å². The van der Waals surface area contributed by atoms with E-state index in [1.54, 1.807) is 4.68 Å². The number of carbonyl (C=O) groups excluding carboxylic acids is 1. The largest absolute Gasteiger partial charge is 0.330 e. The lowest BCUT2D eigenvalue weighted by Crippen LogP contribution is -2.16. The van der Waals surface area contributed by atoms with E-state index in [9.17, 15) is 4.79 Å². The number of nitrogens with one attached hydrogen (secondary N) is 1. The Hall–Kier alpha value is -1.37. The molecule has 0 fully saturated rings. The van der Waals surface area contributed by atoms with Crippen LogP contribution < -0.4 is 11.1 Å². The molecule has 1 heterocycles. The summed E-state index contributed by atoms with van der Waals surface area (Å²) in [6, 6.07) is 9.60. The quantitative estimate of drug-likeness (QED) is 0.846. The molecule has 5 nitrogen and oxygen atoms in total. The van der Waals surface area contributed by atoms with Gasteiger partial charge in [-0.3, -0.25) is 4.79 Å². The van der Waals surface area contributed by atoms with E-state index in [4.69, 9.17) is 5.73 Å². The smallest absolute Gasteiger partial charge is 0.225 e. The monoisotopic (exact) mass is 372 g/mol. The van der Waals surface area contributed by atoms with Gasteiger partial charge in [-0.15, -0.1) is 12.4 Å². The molecule has 2 aromatic rings. The number of nitrogens with two attached hydrogens (primary N) is 1. The highest BCUT2D eigenvalue weighted by Crippen LogP contribution is 2.20. The highest BCUT2D eigenvalue weighted by Gasteiger charge is 2.10. The summed E-state index contributed by atoms with van der Waals surface area (Å²) in [6.07, 6.45) is 1.09. The second-order valence-corrected chi connectivity index (χ2v) is 5.42. The van der Waals surface area contributed by atoms with Gasteiger partial charge < -0.3 is 11.1 Å². The molecule has 7 heteroatoms. The summed E-state index contributed by atoms with van der Waals surface area (Å²) >= 11 is 3.43. The molecule has 0 aliphatic rings. The van der Waals surface area contributed by atoms with E-state index in [1.165, 1.54) is 0 Å². The van der Waals surface area contributed by atoms with E-state index in [1.807, 2.05) is 37.3 Å². The molecule has 0 aliphatic carbocycles. The zero-order valence-electron chi connectivity index (χ0n) is 11.7. The maximum absolute atomic E-state index is 11.8. The maximum Gasteiger partial charge on any atom is 0.225 e. The Morgan fingerprint density at radius 3 is 2.86 bits per heavy atom. The van der Waals surface area contributed by atoms with Crippen molar-refractivity contribution in [1.29, 1.82) is 0 Å². The molecule has 0 saturated carbocycles. The van der Waals surface area contributed by atoms with Gasteiger partial charge in [-0.25, -0.2) is 4.68 Å². The van der Waals surface area contributed by atoms with Crippen molar-refractivity contribution in [2.75, 3.05) is 11.9 Å². The molecule has 0 spiro atoms. The van der Waals surface area contributed by atoms with Crippen LogP contribution in [0.2, 0.25) is 0 Å². The first-order chi connectivity index (χ1) is 9.60. The van der Waals surface area contributed by atoms with E-state index in [0.29, 0.717) is 25.2 Å². The molecule has 3 N–H and O–H groups in total. The predicted molar refractivity (Wildman–Crippen MR) is 90.2 cm³/mol. The summed E-state index contributed by atoms with van der Waals surface area (Å²) < 4.78 is 2.68. The third-order valence-electron chi connectivity index (χ3n) is 2.76. The summed E-state index contributed by atoms with van der Waals surface area (Å²) in [5.41, 5.74) is 7.15. The molecule has 0 radical (unpaired) electrons. The standard InChI is InChI=1S/C14H17BrN4O.ClH/c1-10-8-13(17-14(20)6-3-7-16)19(18-10)12-5-2-4-11(15)9-12;/h2,4-5,8-9H,3,6-7,16H2,1H3,(H,17,20);1H. The minimum atomic E-state index is -0.0494. The third-order valence-corrected chi connectivity index (χ3v) is 3.25. The van der Waals surface area contributed by atoms with Crippen LogP contribution in [0.4, 0.5) is 5.82 Å². The summed E-state index contributed by atoms with van der Waals surface area (Å²) in [5, 5.41) is 7.29. The lowest BCUT2D eigenvalue weighted by atomic mass is 10.3. The molecular formula is C14H18BrClN4O. The molecule has 0 unspecified atom stereocenters. The van der Waals surface area contributed by atoms with Gasteiger partial charge in [0.2, 0.25) is 5.91 Å². The minimum absolute atomic E-state index is 0. The lowest BCUT2D eigenvalue weighted by Gasteiger charge is -2.09. The van der Waals surface area contributed by atoms with Crippen LogP contribution in [0.5, 0.6) is 0 Å². The first-order valence-electron chi connectivity index (χ1n) is 6.42. The van der Waals surface area contributed by atoms with Gasteiger partial charge in [0, 0.05) is 17.0 Å². The van der Waals surface area contributed by atoms with E-state index in [-0.39, 0.29) is 18.3 Å². The SMILES string of the molecule is Cc1cc(NC(=O)CCCN)n(-c2cccc(Br)c2)n1.Cl. The minimum Gasteiger partial charge on any atom is -0.330 e. The Bertz CT molecular complexity index is 615. The summed E-state index contributed by atoms with van der Waals surface area (Å²) in [4.78, 5) is 11.8. The van der Waals surface area contributed by atoms with Crippen molar-refractivity contribution in [2.45, 2.75) is 19.8 Å². The molecule has 1 aromatic heterocycles. The fraction of sp³-hybridized carbons (Fsp3) is 0.286. The second-order valence-electron chi connectivity index (χ2n) is 4.50. The average Bonchev–Trinajstić information content (AvgIpc) is 2.77. The third kappa shape index (κ3) is 4.84. The zero-order valence-corrected chi connectivity index (χ0v) is 14.1. The second kappa shape index (κ2) is 8.17. The van der Waals surface area contributed by atoms with E-state index >= 15 is 0 Å². The molecule has 21 heavy (non-hydrogen) atoms. The molecule has 0 bridgehead atoms. The molecule has 2 rings (SSSR count). The summed E-state index contributed by atoms with van der Waals surface area (Å²) in [6.45, 7) is 2.40. The highest BCUT2D eigenvalue weighted by atomic mass is 79.9. The topological polar surface area (TPSA) is 72.9 Å². The van der Waals surface area contributed by atoms with Crippen molar-refractivity contribution >= 4 is 40.1 Å². The van der Waals surface area contributed by atoms with Gasteiger partial charge in [0.05, 0.1) is 11.4 Å². The van der Waals surface area contributed by atoms with E-state index < -0.39 is 0 Å². The van der Waals surface area contributed by atoms with Crippen LogP contribution in [-0.4, -0.2) is 22.2 Å². The number of carbonyl (C=O) groups is 1. The number of rotatable bonds is 5. The first-order valence-corrected chi connectivity index (χ1v) is 7.22. The molecule has 1 aromatic carbocycles. The lowest BCUT2D eigenvalue weighted by molar-refractivity contribution is -0.116. The van der Waals surface area contributed by atoms with Gasteiger partial charge in [0.25, 0.3) is 0 Å². The van der Waals surface area contributed by atoms with Gasteiger partial charge >= 0.3 is 0 Å². The Morgan fingerprint density at radius 2 is 2.19 bits per heavy atom. The summed E-state index contributed by atoms with van der Waals surface area (Å²) in [5.74, 6) is 0.620. The number of halogens is 2. The fourth-order valence-electron chi connectivity index (χ4n) is 1.86. The number of anilines is 1. The highest BCUT2D eigenvalue weighted by molar-refractivity contribution is 9.10. The van der Waals surface area contributed by atoms with Crippen LogP contribution in [0.15, 0.2) is 34.8 Å². The Kier molecular flexibility index (Phi) is 6.87. The zero-order chi connectivity index (χ0) is 14.5. The maximum atomic E-state index is 11.8. The van der Waals surface area contributed by atoms with E-state index in [0.717, 1.165) is 15.9 Å². The van der Waals surface area contributed by atoms with Crippen molar-refractivity contribution in [3.63, 3.8) is 0 Å². The van der Waals surface area contributed by atoms with Crippen LogP contribution in [0, 0.1) is 6.92 Å². The Morgan fingerprint density at radius 1 is 1.43 bits per heavy atom. The van der Waals surface area contributed by atoms with Gasteiger partial charge in [-0.2, -0.15) is 5.10 Å². The van der Waals surface area contributed by atoms with Crippen LogP contribution in [0.3, 0.4) is 0 Å². The normalized spacial score (nSPS) is 10.0. The fourth-order valence-corrected chi connectivity index (χ4v) is 2.25. The molecule has 0 aliphatic heterocycles. The van der Waals surface area contributed by atoms with Crippen LogP contribution >= 0.6 is 28.3 Å². The molecule has 0 atom stereocenters. The van der Waals surface area contributed by atoms with Gasteiger partial charge in [-0.05, 0) is 38.1 Å². The molecule has 1 amide bonds. The molecule has 114 valence electrons. The average molecular weight is 374 g/mol. The van der Waals surface area contributed by atoms with Crippen molar-refractivity contribution in [2.24, 2.45) is 5.73 Å². The first kappa shape index (κ1) is 17.7. The summed E-state index contributed by atoms with van der Waals surface area (Å²) in [7, 11) is 0. The number of aromatic nitrogens is 2. The predicted octanol–water partition coefficient (Wildman–Crippen LogP) is 3.04. The van der Waals surface area contributed by atoms with Crippen molar-refractivity contribution in [1.82, 2.24) is 9.78 Å². The van der Waals surface area contributed by atoms with E-state index in [2.05, 4.69) is 26.3 Å². The Balaban J connectivity index is 0.00000220. The number of amides is 1. The van der Waals surface area contributed by atoms with Crippen LogP contribution in [0.1, 0.15) is 18.5 Å². The number of aryl methyl sites for hydroxylation is 1. The van der Waals surface area contributed by atoms with Crippen LogP contribution in [0.25, 0.3) is 5.69 Å². The van der Waals surface area contributed by atoms with Crippen LogP contribution in [-0.2, 0) is 4.79 Å². The van der Waals surface area contributed by atoms with Crippen molar-refractivity contribution in [3.8, 4) is 5.69 Å². The number of hydrogen-bond donors (Lipinski definition) is 2. The van der Waals surface area contributed by atoms with Gasteiger partial charge in [-0.1, -0.05) is 22.0 Å². The number of nitrogens with zero attached hydrogens (tertiary/aromatic N) is 2.